The van der Waals surface area contributed by atoms with Gasteiger partial charge in [0.05, 0.1) is 0 Å². The average Bonchev–Trinajstić information content (AvgIpc) is 2.91. The SMILES string of the molecule is CCCn1ccc2cc(NC(=O)C3(O)CCSCC3)ccc21. The number of nitrogens with one attached hydrogen (secondary N) is 1. The summed E-state index contributed by atoms with van der Waals surface area (Å²) < 4.78 is 2.22. The second kappa shape index (κ2) is 6.34. The Hall–Kier alpha value is -1.46. The summed E-state index contributed by atoms with van der Waals surface area (Å²) in [7, 11) is 0. The first kappa shape index (κ1) is 15.4. The van der Waals surface area contributed by atoms with E-state index in [-0.39, 0.29) is 5.91 Å². The molecule has 22 heavy (non-hydrogen) atoms. The summed E-state index contributed by atoms with van der Waals surface area (Å²) in [4.78, 5) is 12.4. The number of benzene rings is 1. The van der Waals surface area contributed by atoms with Gasteiger partial charge in [0.15, 0.2) is 0 Å². The fourth-order valence-corrected chi connectivity index (χ4v) is 4.07. The number of aromatic nitrogens is 1. The maximum absolute atomic E-state index is 12.4. The van der Waals surface area contributed by atoms with Crippen LogP contribution in [0.4, 0.5) is 5.69 Å². The van der Waals surface area contributed by atoms with Crippen molar-refractivity contribution in [2.24, 2.45) is 0 Å². The van der Waals surface area contributed by atoms with Gasteiger partial charge in [-0.25, -0.2) is 0 Å². The maximum Gasteiger partial charge on any atom is 0.256 e. The molecule has 2 aromatic rings. The van der Waals surface area contributed by atoms with Crippen LogP contribution >= 0.6 is 11.8 Å². The van der Waals surface area contributed by atoms with Crippen LogP contribution in [0.1, 0.15) is 26.2 Å². The lowest BCUT2D eigenvalue weighted by Gasteiger charge is -2.30. The number of carbonyl (C=O) groups is 1. The number of fused-ring (bicyclic) bond motifs is 1. The summed E-state index contributed by atoms with van der Waals surface area (Å²) in [6, 6.07) is 7.97. The summed E-state index contributed by atoms with van der Waals surface area (Å²) in [6.07, 6.45) is 4.22. The number of nitrogens with zero attached hydrogens (tertiary/aromatic N) is 1. The van der Waals surface area contributed by atoms with Crippen molar-refractivity contribution < 1.29 is 9.90 Å². The van der Waals surface area contributed by atoms with Gasteiger partial charge < -0.3 is 15.0 Å². The predicted octanol–water partition coefficient (Wildman–Crippen LogP) is 3.25. The molecule has 1 aliphatic rings. The molecule has 4 nitrogen and oxygen atoms in total. The van der Waals surface area contributed by atoms with E-state index in [0.29, 0.717) is 12.8 Å². The van der Waals surface area contributed by atoms with Crippen molar-refractivity contribution in [1.29, 1.82) is 0 Å². The Morgan fingerprint density at radius 1 is 1.36 bits per heavy atom. The summed E-state index contributed by atoms with van der Waals surface area (Å²) in [6.45, 7) is 3.15. The summed E-state index contributed by atoms with van der Waals surface area (Å²) in [5.41, 5.74) is 0.708. The van der Waals surface area contributed by atoms with Crippen LogP contribution in [-0.2, 0) is 11.3 Å². The lowest BCUT2D eigenvalue weighted by molar-refractivity contribution is -0.134. The van der Waals surface area contributed by atoms with E-state index in [0.717, 1.165) is 35.5 Å². The van der Waals surface area contributed by atoms with Gasteiger partial charge in [0.25, 0.3) is 5.91 Å². The molecule has 1 amide bonds. The summed E-state index contributed by atoms with van der Waals surface area (Å²) >= 11 is 1.79. The third kappa shape index (κ3) is 3.01. The zero-order valence-electron chi connectivity index (χ0n) is 12.8. The summed E-state index contributed by atoms with van der Waals surface area (Å²) in [5, 5.41) is 14.4. The van der Waals surface area contributed by atoms with Crippen LogP contribution in [0.15, 0.2) is 30.5 Å². The van der Waals surface area contributed by atoms with Crippen LogP contribution < -0.4 is 5.32 Å². The first-order valence-electron chi connectivity index (χ1n) is 7.83. The highest BCUT2D eigenvalue weighted by atomic mass is 32.2. The van der Waals surface area contributed by atoms with Crippen molar-refractivity contribution in [2.75, 3.05) is 16.8 Å². The van der Waals surface area contributed by atoms with Gasteiger partial charge in [0.2, 0.25) is 0 Å². The molecular formula is C17H22N2O2S. The van der Waals surface area contributed by atoms with Gasteiger partial charge in [0.1, 0.15) is 5.60 Å². The molecule has 1 aliphatic heterocycles. The lowest BCUT2D eigenvalue weighted by atomic mass is 9.95. The highest BCUT2D eigenvalue weighted by molar-refractivity contribution is 7.99. The molecule has 1 saturated heterocycles. The first-order chi connectivity index (χ1) is 10.6. The first-order valence-corrected chi connectivity index (χ1v) is 8.98. The monoisotopic (exact) mass is 318 g/mol. The number of amides is 1. The number of anilines is 1. The second-order valence-electron chi connectivity index (χ2n) is 5.88. The van der Waals surface area contributed by atoms with Crippen LogP contribution in [0.3, 0.4) is 0 Å². The molecule has 3 rings (SSSR count). The number of thioether (sulfide) groups is 1. The Kier molecular flexibility index (Phi) is 4.45. The van der Waals surface area contributed by atoms with E-state index in [1.54, 1.807) is 11.8 Å². The van der Waals surface area contributed by atoms with Gasteiger partial charge in [-0.15, -0.1) is 0 Å². The minimum absolute atomic E-state index is 0.278. The van der Waals surface area contributed by atoms with Crippen LogP contribution in [0, 0.1) is 0 Å². The minimum Gasteiger partial charge on any atom is -0.380 e. The van der Waals surface area contributed by atoms with Crippen LogP contribution in [0.2, 0.25) is 0 Å². The fraction of sp³-hybridized carbons (Fsp3) is 0.471. The Morgan fingerprint density at radius 3 is 2.86 bits per heavy atom. The Morgan fingerprint density at radius 2 is 2.14 bits per heavy atom. The van der Waals surface area contributed by atoms with E-state index >= 15 is 0 Å². The van der Waals surface area contributed by atoms with E-state index in [4.69, 9.17) is 0 Å². The van der Waals surface area contributed by atoms with Crippen molar-refractivity contribution in [3.63, 3.8) is 0 Å². The molecular weight excluding hydrogens is 296 g/mol. The molecule has 2 heterocycles. The lowest BCUT2D eigenvalue weighted by Crippen LogP contribution is -2.45. The van der Waals surface area contributed by atoms with Gasteiger partial charge in [-0.2, -0.15) is 11.8 Å². The van der Waals surface area contributed by atoms with E-state index in [9.17, 15) is 9.90 Å². The normalized spacial score (nSPS) is 17.5. The molecule has 0 radical (unpaired) electrons. The third-order valence-electron chi connectivity index (χ3n) is 4.24. The van der Waals surface area contributed by atoms with Gasteiger partial charge in [-0.05, 0) is 55.0 Å². The zero-order chi connectivity index (χ0) is 15.6. The number of aliphatic hydroxyl groups is 1. The topological polar surface area (TPSA) is 54.3 Å². The largest absolute Gasteiger partial charge is 0.380 e. The minimum atomic E-state index is -1.21. The van der Waals surface area contributed by atoms with E-state index in [1.807, 2.05) is 18.2 Å². The molecule has 5 heteroatoms. The molecule has 0 bridgehead atoms. The predicted molar refractivity (Wildman–Crippen MR) is 92.4 cm³/mol. The second-order valence-corrected chi connectivity index (χ2v) is 7.11. The molecule has 0 spiro atoms. The third-order valence-corrected chi connectivity index (χ3v) is 5.22. The number of carbonyl (C=O) groups excluding carboxylic acids is 1. The Bertz CT molecular complexity index is 674. The van der Waals surface area contributed by atoms with Crippen molar-refractivity contribution in [2.45, 2.75) is 38.3 Å². The van der Waals surface area contributed by atoms with Crippen LogP contribution in [0.5, 0.6) is 0 Å². The van der Waals surface area contributed by atoms with Crippen molar-refractivity contribution in [3.8, 4) is 0 Å². The number of aryl methyl sites for hydroxylation is 1. The molecule has 1 aromatic carbocycles. The number of rotatable bonds is 4. The van der Waals surface area contributed by atoms with Gasteiger partial charge >= 0.3 is 0 Å². The molecule has 0 saturated carbocycles. The smallest absolute Gasteiger partial charge is 0.256 e. The van der Waals surface area contributed by atoms with E-state index < -0.39 is 5.60 Å². The van der Waals surface area contributed by atoms with Crippen molar-refractivity contribution in [3.05, 3.63) is 30.5 Å². The average molecular weight is 318 g/mol. The molecule has 0 unspecified atom stereocenters. The Labute approximate surface area is 134 Å². The van der Waals surface area contributed by atoms with E-state index in [2.05, 4.69) is 29.1 Å². The molecule has 1 fully saturated rings. The molecule has 118 valence electrons. The maximum atomic E-state index is 12.4. The highest BCUT2D eigenvalue weighted by Gasteiger charge is 2.37. The summed E-state index contributed by atoms with van der Waals surface area (Å²) in [5.74, 6) is 1.39. The van der Waals surface area contributed by atoms with Gasteiger partial charge in [0, 0.05) is 29.3 Å². The van der Waals surface area contributed by atoms with Gasteiger partial charge in [-0.1, -0.05) is 6.92 Å². The van der Waals surface area contributed by atoms with Crippen LogP contribution in [-0.4, -0.2) is 32.7 Å². The quantitative estimate of drug-likeness (QED) is 0.910. The molecule has 0 aliphatic carbocycles. The molecule has 0 atom stereocenters. The molecule has 1 aromatic heterocycles. The molecule has 2 N–H and O–H groups in total. The van der Waals surface area contributed by atoms with Crippen LogP contribution in [0.25, 0.3) is 10.9 Å². The van der Waals surface area contributed by atoms with Crippen molar-refractivity contribution >= 4 is 34.3 Å². The van der Waals surface area contributed by atoms with Gasteiger partial charge in [-0.3, -0.25) is 4.79 Å². The number of hydrogen-bond acceptors (Lipinski definition) is 3. The Balaban J connectivity index is 1.77. The van der Waals surface area contributed by atoms with E-state index in [1.165, 1.54) is 5.52 Å². The van der Waals surface area contributed by atoms with Crippen molar-refractivity contribution in [1.82, 2.24) is 4.57 Å². The highest BCUT2D eigenvalue weighted by Crippen LogP contribution is 2.29. The standard InChI is InChI=1S/C17H22N2O2S/c1-2-8-19-9-5-13-12-14(3-4-15(13)19)18-16(20)17(21)6-10-22-11-7-17/h3-5,9,12,21H,2,6-8,10-11H2,1H3,(H,18,20). The zero-order valence-corrected chi connectivity index (χ0v) is 13.7. The fourth-order valence-electron chi connectivity index (χ4n) is 2.90. The number of hydrogen-bond donors (Lipinski definition) is 2.